The van der Waals surface area contributed by atoms with Gasteiger partial charge in [0.2, 0.25) is 0 Å². The Labute approximate surface area is 165 Å². The van der Waals surface area contributed by atoms with Crippen molar-refractivity contribution in [1.82, 2.24) is 19.6 Å². The summed E-state index contributed by atoms with van der Waals surface area (Å²) in [6.45, 7) is 5.32. The Kier molecular flexibility index (Phi) is 4.38. The minimum Gasteiger partial charge on any atom is -0.494 e. The molecule has 0 unspecified atom stereocenters. The Bertz CT molecular complexity index is 1220. The van der Waals surface area contributed by atoms with Crippen LogP contribution in [-0.2, 0) is 6.54 Å². The minimum atomic E-state index is -0.978. The van der Waals surface area contributed by atoms with Gasteiger partial charge >= 0.3 is 0 Å². The summed E-state index contributed by atoms with van der Waals surface area (Å²) >= 11 is 0. The highest BCUT2D eigenvalue weighted by Gasteiger charge is 2.19. The zero-order valence-electron chi connectivity index (χ0n) is 16.2. The lowest BCUT2D eigenvalue weighted by atomic mass is 10.1. The van der Waals surface area contributed by atoms with Gasteiger partial charge in [-0.05, 0) is 45.0 Å². The molecule has 2 aromatic carbocycles. The summed E-state index contributed by atoms with van der Waals surface area (Å²) in [6.07, 6.45) is 1.76. The van der Waals surface area contributed by atoms with Gasteiger partial charge in [0.05, 0.1) is 17.8 Å². The normalized spacial score (nSPS) is 12.1. The van der Waals surface area contributed by atoms with E-state index in [1.807, 2.05) is 6.07 Å². The van der Waals surface area contributed by atoms with Crippen molar-refractivity contribution in [2.75, 3.05) is 0 Å². The smallest absolute Gasteiger partial charge is 0.199 e. The molecule has 0 saturated heterocycles. The zero-order valence-corrected chi connectivity index (χ0v) is 16.2. The zero-order chi connectivity index (χ0) is 20.9. The molecule has 4 rings (SSSR count). The predicted octanol–water partition coefficient (Wildman–Crippen LogP) is 3.95. The van der Waals surface area contributed by atoms with E-state index in [1.54, 1.807) is 43.7 Å². The number of fused-ring (bicyclic) bond motifs is 1. The van der Waals surface area contributed by atoms with E-state index in [0.717, 1.165) is 17.0 Å². The lowest BCUT2D eigenvalue weighted by Gasteiger charge is -2.18. The molecule has 0 atom stereocenters. The maximum atomic E-state index is 14.1. The first kappa shape index (κ1) is 19.1. The molecule has 0 saturated carbocycles. The van der Waals surface area contributed by atoms with Crippen molar-refractivity contribution in [3.05, 3.63) is 59.9 Å². The van der Waals surface area contributed by atoms with Gasteiger partial charge in [0.25, 0.3) is 0 Å². The fourth-order valence-electron chi connectivity index (χ4n) is 3.42. The summed E-state index contributed by atoms with van der Waals surface area (Å²) in [4.78, 5) is 0. The Morgan fingerprint density at radius 1 is 1.10 bits per heavy atom. The summed E-state index contributed by atoms with van der Waals surface area (Å²) in [7, 11) is 0. The van der Waals surface area contributed by atoms with Crippen LogP contribution in [-0.4, -0.2) is 35.4 Å². The van der Waals surface area contributed by atoms with Crippen LogP contribution in [0.3, 0.4) is 0 Å². The number of aromatic nitrogens is 4. The van der Waals surface area contributed by atoms with Crippen LogP contribution >= 0.6 is 0 Å². The molecule has 6 nitrogen and oxygen atoms in total. The average Bonchev–Trinajstić information content (AvgIpc) is 3.14. The fourth-order valence-corrected chi connectivity index (χ4v) is 3.42. The molecule has 0 aliphatic carbocycles. The summed E-state index contributed by atoms with van der Waals surface area (Å²) in [6, 6.07) is 8.68. The van der Waals surface area contributed by atoms with E-state index in [2.05, 4.69) is 10.3 Å². The first-order chi connectivity index (χ1) is 13.6. The van der Waals surface area contributed by atoms with Crippen molar-refractivity contribution < 1.29 is 19.0 Å². The minimum absolute atomic E-state index is 0.0717. The van der Waals surface area contributed by atoms with Crippen LogP contribution in [0.15, 0.2) is 42.6 Å². The summed E-state index contributed by atoms with van der Waals surface area (Å²) in [5.74, 6) is -1.32. The molecule has 29 heavy (non-hydrogen) atoms. The molecule has 2 N–H and O–H groups in total. The number of nitrogens with zero attached hydrogens (tertiary/aromatic N) is 4. The van der Waals surface area contributed by atoms with Gasteiger partial charge in [0.15, 0.2) is 11.7 Å². The van der Waals surface area contributed by atoms with Crippen molar-refractivity contribution in [1.29, 1.82) is 0 Å². The second kappa shape index (κ2) is 6.66. The van der Waals surface area contributed by atoms with E-state index in [0.29, 0.717) is 16.8 Å². The first-order valence-corrected chi connectivity index (χ1v) is 9.06. The number of aromatic hydroxyl groups is 1. The standard InChI is InChI=1S/C21H20F2N4O2/c1-12-19(24-25-27(12)18-7-5-15(22)9-17(18)23)13-4-6-16-14(8-13)10-26(20(16)28)11-21(2,3)29/h4-10,28-29H,11H2,1-3H3. The van der Waals surface area contributed by atoms with Gasteiger partial charge in [0.1, 0.15) is 17.2 Å². The summed E-state index contributed by atoms with van der Waals surface area (Å²) < 4.78 is 30.2. The van der Waals surface area contributed by atoms with Crippen LogP contribution in [0.4, 0.5) is 8.78 Å². The van der Waals surface area contributed by atoms with Crippen molar-refractivity contribution in [2.45, 2.75) is 32.9 Å². The maximum Gasteiger partial charge on any atom is 0.199 e. The number of aliphatic hydroxyl groups is 1. The van der Waals surface area contributed by atoms with Crippen LogP contribution in [0.1, 0.15) is 19.5 Å². The number of rotatable bonds is 4. The summed E-state index contributed by atoms with van der Waals surface area (Å²) in [5.41, 5.74) is 1.01. The van der Waals surface area contributed by atoms with Crippen molar-refractivity contribution in [3.63, 3.8) is 0 Å². The van der Waals surface area contributed by atoms with E-state index in [9.17, 15) is 19.0 Å². The fraction of sp³-hybridized carbons (Fsp3) is 0.238. The van der Waals surface area contributed by atoms with Crippen molar-refractivity contribution in [3.8, 4) is 22.8 Å². The van der Waals surface area contributed by atoms with E-state index in [-0.39, 0.29) is 18.1 Å². The summed E-state index contributed by atoms with van der Waals surface area (Å²) in [5, 5.41) is 30.1. The van der Waals surface area contributed by atoms with E-state index < -0.39 is 17.2 Å². The third-order valence-electron chi connectivity index (χ3n) is 4.72. The topological polar surface area (TPSA) is 76.1 Å². The Hall–Kier alpha value is -3.26. The van der Waals surface area contributed by atoms with E-state index in [4.69, 9.17) is 0 Å². The van der Waals surface area contributed by atoms with Crippen LogP contribution in [0.25, 0.3) is 27.7 Å². The molecular weight excluding hydrogens is 378 g/mol. The quantitative estimate of drug-likeness (QED) is 0.546. The molecule has 0 spiro atoms. The lowest BCUT2D eigenvalue weighted by molar-refractivity contribution is 0.0594. The SMILES string of the molecule is Cc1c(-c2ccc3c(O)n(CC(C)(C)O)cc3c2)nnn1-c1ccc(F)cc1F. The Balaban J connectivity index is 1.76. The predicted molar refractivity (Wildman–Crippen MR) is 105 cm³/mol. The second-order valence-corrected chi connectivity index (χ2v) is 7.73. The molecule has 0 amide bonds. The molecule has 4 aromatic rings. The van der Waals surface area contributed by atoms with Gasteiger partial charge in [-0.2, -0.15) is 0 Å². The van der Waals surface area contributed by atoms with Gasteiger partial charge in [-0.3, -0.25) is 0 Å². The molecule has 2 aromatic heterocycles. The van der Waals surface area contributed by atoms with Crippen molar-refractivity contribution >= 4 is 10.8 Å². The van der Waals surface area contributed by atoms with Crippen LogP contribution in [0.5, 0.6) is 5.88 Å². The Morgan fingerprint density at radius 3 is 2.55 bits per heavy atom. The molecule has 2 heterocycles. The molecule has 150 valence electrons. The third kappa shape index (κ3) is 3.47. The van der Waals surface area contributed by atoms with E-state index in [1.165, 1.54) is 16.8 Å². The van der Waals surface area contributed by atoms with Gasteiger partial charge in [-0.1, -0.05) is 11.3 Å². The van der Waals surface area contributed by atoms with Gasteiger partial charge in [-0.25, -0.2) is 13.5 Å². The molecule has 0 bridgehead atoms. The number of halogens is 2. The van der Waals surface area contributed by atoms with E-state index >= 15 is 0 Å². The van der Waals surface area contributed by atoms with Crippen LogP contribution < -0.4 is 0 Å². The lowest BCUT2D eigenvalue weighted by Crippen LogP contribution is -2.25. The third-order valence-corrected chi connectivity index (χ3v) is 4.72. The van der Waals surface area contributed by atoms with Crippen LogP contribution in [0.2, 0.25) is 0 Å². The Morgan fingerprint density at radius 2 is 1.86 bits per heavy atom. The molecule has 0 aliphatic rings. The van der Waals surface area contributed by atoms with Gasteiger partial charge in [0, 0.05) is 28.6 Å². The molecule has 0 radical (unpaired) electrons. The molecular formula is C21H20F2N4O2. The largest absolute Gasteiger partial charge is 0.494 e. The molecule has 0 aliphatic heterocycles. The number of hydrogen-bond acceptors (Lipinski definition) is 4. The monoisotopic (exact) mass is 398 g/mol. The maximum absolute atomic E-state index is 14.1. The van der Waals surface area contributed by atoms with Gasteiger partial charge < -0.3 is 14.8 Å². The average molecular weight is 398 g/mol. The van der Waals surface area contributed by atoms with Crippen LogP contribution in [0, 0.1) is 18.6 Å². The first-order valence-electron chi connectivity index (χ1n) is 9.06. The highest BCUT2D eigenvalue weighted by atomic mass is 19.1. The van der Waals surface area contributed by atoms with Crippen molar-refractivity contribution in [2.24, 2.45) is 0 Å². The highest BCUT2D eigenvalue weighted by Crippen LogP contribution is 2.33. The van der Waals surface area contributed by atoms with Gasteiger partial charge in [-0.15, -0.1) is 5.10 Å². The number of hydrogen-bond donors (Lipinski definition) is 2. The molecule has 0 fully saturated rings. The highest BCUT2D eigenvalue weighted by molar-refractivity contribution is 5.91. The second-order valence-electron chi connectivity index (χ2n) is 7.73. The molecule has 8 heteroatoms. The number of benzene rings is 2.